The Labute approximate surface area is 128 Å². The number of nitrogens with two attached hydrogens (primary N) is 1. The molecule has 1 rings (SSSR count). The van der Waals surface area contributed by atoms with Crippen LogP contribution < -0.4 is 10.6 Å². The second-order valence-electron chi connectivity index (χ2n) is 5.24. The number of hydrogen-bond acceptors (Lipinski definition) is 3. The summed E-state index contributed by atoms with van der Waals surface area (Å²) in [7, 11) is 1.74. The molecule has 0 saturated heterocycles. The molecule has 0 bridgehead atoms. The second-order valence-corrected chi connectivity index (χ2v) is 5.67. The van der Waals surface area contributed by atoms with Gasteiger partial charge < -0.3 is 15.4 Å². The Balaban J connectivity index is 3.07. The van der Waals surface area contributed by atoms with Crippen LogP contribution in [0.15, 0.2) is 18.2 Å². The molecule has 0 radical (unpaired) electrons. The Kier molecular flexibility index (Phi) is 7.35. The van der Waals surface area contributed by atoms with Gasteiger partial charge in [-0.25, -0.2) is 0 Å². The highest BCUT2D eigenvalue weighted by molar-refractivity contribution is 6.30. The van der Waals surface area contributed by atoms with E-state index in [0.717, 1.165) is 24.4 Å². The number of likely N-dealkylation sites (N-methyl/N-ethyl adjacent to an activating group) is 1. The fourth-order valence-electron chi connectivity index (χ4n) is 2.48. The Hall–Kier alpha value is -0.770. The monoisotopic (exact) mass is 298 g/mol. The summed E-state index contributed by atoms with van der Waals surface area (Å²) in [6.07, 6.45) is 1.81. The number of halogens is 1. The van der Waals surface area contributed by atoms with Gasteiger partial charge in [0.25, 0.3) is 0 Å². The molecule has 2 N–H and O–H groups in total. The Morgan fingerprint density at radius 2 is 2.05 bits per heavy atom. The van der Waals surface area contributed by atoms with Gasteiger partial charge >= 0.3 is 0 Å². The van der Waals surface area contributed by atoms with Gasteiger partial charge in [0.2, 0.25) is 0 Å². The number of rotatable bonds is 8. The minimum Gasteiger partial charge on any atom is -0.383 e. The highest BCUT2D eigenvalue weighted by Gasteiger charge is 2.17. The molecule has 0 aliphatic carbocycles. The summed E-state index contributed by atoms with van der Waals surface area (Å²) in [5, 5.41) is 0.766. The van der Waals surface area contributed by atoms with E-state index in [4.69, 9.17) is 22.1 Å². The lowest BCUT2D eigenvalue weighted by Crippen LogP contribution is -2.37. The van der Waals surface area contributed by atoms with Crippen LogP contribution in [0.3, 0.4) is 0 Å². The predicted molar refractivity (Wildman–Crippen MR) is 87.8 cm³/mol. The maximum Gasteiger partial charge on any atom is 0.0663 e. The SMILES string of the molecule is CCC(N)Cc1cc(Cl)ccc1N(CC)C(C)COC. The summed E-state index contributed by atoms with van der Waals surface area (Å²) in [6.45, 7) is 8.08. The predicted octanol–water partition coefficient (Wildman–Crippen LogP) is 3.48. The first-order valence-corrected chi connectivity index (χ1v) is 7.70. The molecule has 0 fully saturated rings. The molecule has 20 heavy (non-hydrogen) atoms. The van der Waals surface area contributed by atoms with Gasteiger partial charge in [-0.2, -0.15) is 0 Å². The standard InChI is InChI=1S/C16H27ClN2O/c1-5-15(18)10-13-9-14(17)7-8-16(13)19(6-2)12(3)11-20-4/h7-9,12,15H,5-6,10-11,18H2,1-4H3. The van der Waals surface area contributed by atoms with E-state index in [9.17, 15) is 0 Å². The minimum atomic E-state index is 0.170. The summed E-state index contributed by atoms with van der Waals surface area (Å²) in [5.74, 6) is 0. The van der Waals surface area contributed by atoms with Crippen molar-refractivity contribution in [3.8, 4) is 0 Å². The van der Waals surface area contributed by atoms with E-state index in [-0.39, 0.29) is 6.04 Å². The van der Waals surface area contributed by atoms with Gasteiger partial charge in [0.05, 0.1) is 6.61 Å². The third-order valence-corrected chi connectivity index (χ3v) is 3.87. The van der Waals surface area contributed by atoms with Crippen LogP contribution in [0.25, 0.3) is 0 Å². The van der Waals surface area contributed by atoms with Crippen LogP contribution in [0.5, 0.6) is 0 Å². The number of benzene rings is 1. The van der Waals surface area contributed by atoms with Gasteiger partial charge in [-0.15, -0.1) is 0 Å². The van der Waals surface area contributed by atoms with Gasteiger partial charge in [0.15, 0.2) is 0 Å². The second kappa shape index (κ2) is 8.50. The molecule has 0 spiro atoms. The van der Waals surface area contributed by atoms with E-state index in [1.165, 1.54) is 11.3 Å². The highest BCUT2D eigenvalue weighted by Crippen LogP contribution is 2.27. The van der Waals surface area contributed by atoms with Crippen LogP contribution in [0.1, 0.15) is 32.8 Å². The first-order chi connectivity index (χ1) is 9.53. The maximum atomic E-state index is 6.15. The van der Waals surface area contributed by atoms with Crippen molar-refractivity contribution < 1.29 is 4.74 Å². The lowest BCUT2D eigenvalue weighted by molar-refractivity contribution is 0.182. The molecule has 1 aromatic rings. The summed E-state index contributed by atoms with van der Waals surface area (Å²) in [4.78, 5) is 2.34. The Morgan fingerprint density at radius 3 is 2.60 bits per heavy atom. The average Bonchev–Trinajstić information content (AvgIpc) is 2.42. The van der Waals surface area contributed by atoms with Crippen molar-refractivity contribution in [1.82, 2.24) is 0 Å². The number of methoxy groups -OCH3 is 1. The van der Waals surface area contributed by atoms with Gasteiger partial charge in [-0.1, -0.05) is 18.5 Å². The summed E-state index contributed by atoms with van der Waals surface area (Å²) in [5.41, 5.74) is 8.55. The van der Waals surface area contributed by atoms with E-state index < -0.39 is 0 Å². The molecule has 2 atom stereocenters. The van der Waals surface area contributed by atoms with Crippen LogP contribution in [-0.4, -0.2) is 32.3 Å². The van der Waals surface area contributed by atoms with Crippen molar-refractivity contribution in [2.45, 2.75) is 45.7 Å². The molecule has 0 amide bonds. The average molecular weight is 299 g/mol. The minimum absolute atomic E-state index is 0.170. The molecule has 4 heteroatoms. The molecule has 0 saturated carbocycles. The van der Waals surface area contributed by atoms with Crippen LogP contribution in [0.4, 0.5) is 5.69 Å². The van der Waals surface area contributed by atoms with Crippen molar-refractivity contribution in [3.63, 3.8) is 0 Å². The quantitative estimate of drug-likeness (QED) is 0.798. The van der Waals surface area contributed by atoms with Gasteiger partial charge in [0, 0.05) is 36.4 Å². The van der Waals surface area contributed by atoms with Crippen molar-refractivity contribution in [1.29, 1.82) is 0 Å². The smallest absolute Gasteiger partial charge is 0.0663 e. The fourth-order valence-corrected chi connectivity index (χ4v) is 2.67. The van der Waals surface area contributed by atoms with E-state index in [0.29, 0.717) is 12.6 Å². The first-order valence-electron chi connectivity index (χ1n) is 7.33. The van der Waals surface area contributed by atoms with Gasteiger partial charge in [0.1, 0.15) is 0 Å². The van der Waals surface area contributed by atoms with E-state index >= 15 is 0 Å². The maximum absolute atomic E-state index is 6.15. The van der Waals surface area contributed by atoms with E-state index in [1.807, 2.05) is 12.1 Å². The van der Waals surface area contributed by atoms with Crippen LogP contribution in [0.2, 0.25) is 5.02 Å². The lowest BCUT2D eigenvalue weighted by atomic mass is 10.0. The molecule has 1 aromatic carbocycles. The van der Waals surface area contributed by atoms with Crippen LogP contribution in [0, 0.1) is 0 Å². The Morgan fingerprint density at radius 1 is 1.35 bits per heavy atom. The molecular formula is C16H27ClN2O. The van der Waals surface area contributed by atoms with E-state index in [1.54, 1.807) is 7.11 Å². The number of nitrogens with zero attached hydrogens (tertiary/aromatic N) is 1. The molecule has 0 heterocycles. The molecule has 0 aliphatic heterocycles. The van der Waals surface area contributed by atoms with E-state index in [2.05, 4.69) is 31.7 Å². The van der Waals surface area contributed by atoms with Crippen LogP contribution >= 0.6 is 11.6 Å². The molecule has 114 valence electrons. The van der Waals surface area contributed by atoms with Crippen molar-refractivity contribution in [2.24, 2.45) is 5.73 Å². The van der Waals surface area contributed by atoms with Gasteiger partial charge in [-0.05, 0) is 50.5 Å². The number of ether oxygens (including phenoxy) is 1. The molecule has 0 aromatic heterocycles. The summed E-state index contributed by atoms with van der Waals surface area (Å²) in [6, 6.07) is 6.57. The van der Waals surface area contributed by atoms with Crippen molar-refractivity contribution in [2.75, 3.05) is 25.2 Å². The zero-order valence-electron chi connectivity index (χ0n) is 13.0. The zero-order chi connectivity index (χ0) is 15.1. The third-order valence-electron chi connectivity index (χ3n) is 3.64. The van der Waals surface area contributed by atoms with Crippen molar-refractivity contribution >= 4 is 17.3 Å². The third kappa shape index (κ3) is 4.65. The zero-order valence-corrected chi connectivity index (χ0v) is 13.8. The van der Waals surface area contributed by atoms with Crippen molar-refractivity contribution in [3.05, 3.63) is 28.8 Å². The highest BCUT2D eigenvalue weighted by atomic mass is 35.5. The fraction of sp³-hybridized carbons (Fsp3) is 0.625. The molecule has 2 unspecified atom stereocenters. The van der Waals surface area contributed by atoms with Gasteiger partial charge in [-0.3, -0.25) is 0 Å². The topological polar surface area (TPSA) is 38.5 Å². The number of hydrogen-bond donors (Lipinski definition) is 1. The summed E-state index contributed by atoms with van der Waals surface area (Å²) < 4.78 is 5.28. The summed E-state index contributed by atoms with van der Waals surface area (Å²) >= 11 is 6.15. The Bertz CT molecular complexity index is 411. The molecular weight excluding hydrogens is 272 g/mol. The normalized spacial score (nSPS) is 14.1. The molecule has 3 nitrogen and oxygen atoms in total. The van der Waals surface area contributed by atoms with Crippen LogP contribution in [-0.2, 0) is 11.2 Å². The lowest BCUT2D eigenvalue weighted by Gasteiger charge is -2.32. The number of anilines is 1. The molecule has 0 aliphatic rings. The largest absolute Gasteiger partial charge is 0.383 e. The first kappa shape index (κ1) is 17.3.